The van der Waals surface area contributed by atoms with Gasteiger partial charge in [0, 0.05) is 11.6 Å². The summed E-state index contributed by atoms with van der Waals surface area (Å²) in [6.07, 6.45) is 1.51. The average molecular weight is 400 g/mol. The summed E-state index contributed by atoms with van der Waals surface area (Å²) in [4.78, 5) is 29.7. The number of hydrogen-bond acceptors (Lipinski definition) is 4. The van der Waals surface area contributed by atoms with Crippen molar-refractivity contribution in [1.29, 1.82) is 0 Å². The number of amides is 2. The Bertz CT molecular complexity index is 985. The molecule has 5 nitrogen and oxygen atoms in total. The van der Waals surface area contributed by atoms with Gasteiger partial charge in [0.1, 0.15) is 9.88 Å². The maximum absolute atomic E-state index is 12.6. The molecule has 0 aliphatic rings. The summed E-state index contributed by atoms with van der Waals surface area (Å²) in [6.45, 7) is 3.76. The van der Waals surface area contributed by atoms with E-state index in [1.807, 2.05) is 32.0 Å². The molecule has 0 saturated heterocycles. The number of anilines is 1. The number of benzene rings is 2. The maximum Gasteiger partial charge on any atom is 0.267 e. The average Bonchev–Trinajstić information content (AvgIpc) is 3.12. The standard InChI is InChI=1S/C20H18ClN3O2S/c1-12(2)23-18(25)14-8-4-6-10-16(14)24-19(26)17-11-22-20(27-17)13-7-3-5-9-15(13)21/h3-12H,1-2H3,(H,23,25)(H,24,26). The van der Waals surface area contributed by atoms with Crippen molar-refractivity contribution in [2.45, 2.75) is 19.9 Å². The van der Waals surface area contributed by atoms with Gasteiger partial charge in [0.2, 0.25) is 0 Å². The van der Waals surface area contributed by atoms with Crippen molar-refractivity contribution in [2.24, 2.45) is 0 Å². The minimum Gasteiger partial charge on any atom is -0.350 e. The van der Waals surface area contributed by atoms with Crippen LogP contribution in [0.25, 0.3) is 10.6 Å². The lowest BCUT2D eigenvalue weighted by atomic mass is 10.1. The molecule has 0 unspecified atom stereocenters. The predicted molar refractivity (Wildman–Crippen MR) is 110 cm³/mol. The van der Waals surface area contributed by atoms with E-state index in [1.165, 1.54) is 17.5 Å². The minimum absolute atomic E-state index is 0.000864. The van der Waals surface area contributed by atoms with Gasteiger partial charge in [-0.05, 0) is 32.0 Å². The molecule has 138 valence electrons. The number of carbonyl (C=O) groups is 2. The molecule has 0 aliphatic carbocycles. The summed E-state index contributed by atoms with van der Waals surface area (Å²) in [5.74, 6) is -0.558. The van der Waals surface area contributed by atoms with Crippen LogP contribution >= 0.6 is 22.9 Å². The first kappa shape index (κ1) is 19.1. The summed E-state index contributed by atoms with van der Waals surface area (Å²) in [5, 5.41) is 6.87. The maximum atomic E-state index is 12.6. The molecule has 1 aromatic heterocycles. The van der Waals surface area contributed by atoms with Crippen LogP contribution in [0.4, 0.5) is 5.69 Å². The first-order valence-electron chi connectivity index (χ1n) is 8.37. The summed E-state index contributed by atoms with van der Waals surface area (Å²) in [6, 6.07) is 14.2. The highest BCUT2D eigenvalue weighted by Gasteiger charge is 2.17. The third kappa shape index (κ3) is 4.53. The molecular weight excluding hydrogens is 382 g/mol. The van der Waals surface area contributed by atoms with Crippen LogP contribution in [0, 0.1) is 0 Å². The van der Waals surface area contributed by atoms with E-state index in [4.69, 9.17) is 11.6 Å². The SMILES string of the molecule is CC(C)NC(=O)c1ccccc1NC(=O)c1cnc(-c2ccccc2Cl)s1. The minimum atomic E-state index is -0.324. The molecule has 2 aromatic carbocycles. The number of nitrogens with zero attached hydrogens (tertiary/aromatic N) is 1. The highest BCUT2D eigenvalue weighted by atomic mass is 35.5. The second-order valence-electron chi connectivity index (χ2n) is 6.14. The zero-order valence-corrected chi connectivity index (χ0v) is 16.4. The van der Waals surface area contributed by atoms with Crippen molar-refractivity contribution < 1.29 is 9.59 Å². The lowest BCUT2D eigenvalue weighted by molar-refractivity contribution is 0.0944. The van der Waals surface area contributed by atoms with Crippen molar-refractivity contribution in [3.05, 3.63) is 70.2 Å². The highest BCUT2D eigenvalue weighted by molar-refractivity contribution is 7.17. The molecule has 0 radical (unpaired) electrons. The number of halogens is 1. The van der Waals surface area contributed by atoms with Crippen LogP contribution in [0.15, 0.2) is 54.7 Å². The Kier molecular flexibility index (Phi) is 5.88. The topological polar surface area (TPSA) is 71.1 Å². The van der Waals surface area contributed by atoms with Gasteiger partial charge in [0.25, 0.3) is 11.8 Å². The Hall–Kier alpha value is -2.70. The number of rotatable bonds is 5. The second kappa shape index (κ2) is 8.33. The number of thiazole rings is 1. The molecule has 0 spiro atoms. The summed E-state index contributed by atoms with van der Waals surface area (Å²) in [5.41, 5.74) is 1.64. The van der Waals surface area contributed by atoms with Gasteiger partial charge < -0.3 is 10.6 Å². The van der Waals surface area contributed by atoms with E-state index in [2.05, 4.69) is 15.6 Å². The van der Waals surface area contributed by atoms with Crippen LogP contribution in [0.1, 0.15) is 33.9 Å². The molecule has 0 saturated carbocycles. The highest BCUT2D eigenvalue weighted by Crippen LogP contribution is 2.31. The van der Waals surface area contributed by atoms with Crippen molar-refractivity contribution in [2.75, 3.05) is 5.32 Å². The Morgan fingerprint density at radius 3 is 2.48 bits per heavy atom. The van der Waals surface area contributed by atoms with Gasteiger partial charge >= 0.3 is 0 Å². The Morgan fingerprint density at radius 2 is 1.74 bits per heavy atom. The van der Waals surface area contributed by atoms with Gasteiger partial charge in [-0.15, -0.1) is 11.3 Å². The molecule has 3 aromatic rings. The molecule has 3 rings (SSSR count). The summed E-state index contributed by atoms with van der Waals surface area (Å²) < 4.78 is 0. The van der Waals surface area contributed by atoms with Crippen molar-refractivity contribution in [3.8, 4) is 10.6 Å². The normalized spacial score (nSPS) is 10.7. The molecule has 0 fully saturated rings. The smallest absolute Gasteiger partial charge is 0.267 e. The summed E-state index contributed by atoms with van der Waals surface area (Å²) in [7, 11) is 0. The molecule has 0 bridgehead atoms. The van der Waals surface area contributed by atoms with Gasteiger partial charge in [0.05, 0.1) is 22.5 Å². The number of nitrogens with one attached hydrogen (secondary N) is 2. The first-order valence-corrected chi connectivity index (χ1v) is 9.57. The van der Waals surface area contributed by atoms with E-state index in [-0.39, 0.29) is 17.9 Å². The van der Waals surface area contributed by atoms with E-state index in [0.29, 0.717) is 26.2 Å². The molecule has 1 heterocycles. The second-order valence-corrected chi connectivity index (χ2v) is 7.58. The van der Waals surface area contributed by atoms with Gasteiger partial charge in [-0.3, -0.25) is 9.59 Å². The van der Waals surface area contributed by atoms with Gasteiger partial charge in [0.15, 0.2) is 0 Å². The van der Waals surface area contributed by atoms with Crippen LogP contribution < -0.4 is 10.6 Å². The van der Waals surface area contributed by atoms with Crippen LogP contribution in [0.3, 0.4) is 0 Å². The molecule has 2 amide bonds. The van der Waals surface area contributed by atoms with E-state index < -0.39 is 0 Å². The third-order valence-corrected chi connectivity index (χ3v) is 5.03. The van der Waals surface area contributed by atoms with Gasteiger partial charge in [-0.1, -0.05) is 41.9 Å². The fourth-order valence-corrected chi connectivity index (χ4v) is 3.58. The number of para-hydroxylation sites is 1. The fraction of sp³-hybridized carbons (Fsp3) is 0.150. The molecule has 0 atom stereocenters. The van der Waals surface area contributed by atoms with E-state index in [1.54, 1.807) is 30.3 Å². The largest absolute Gasteiger partial charge is 0.350 e. The van der Waals surface area contributed by atoms with Crippen LogP contribution in [0.5, 0.6) is 0 Å². The zero-order chi connectivity index (χ0) is 19.4. The molecule has 2 N–H and O–H groups in total. The van der Waals surface area contributed by atoms with E-state index in [0.717, 1.165) is 5.56 Å². The number of carbonyl (C=O) groups excluding carboxylic acids is 2. The lowest BCUT2D eigenvalue weighted by Gasteiger charge is -2.12. The van der Waals surface area contributed by atoms with Crippen molar-refractivity contribution in [1.82, 2.24) is 10.3 Å². The Balaban J connectivity index is 1.81. The summed E-state index contributed by atoms with van der Waals surface area (Å²) >= 11 is 7.44. The van der Waals surface area contributed by atoms with Crippen molar-refractivity contribution in [3.63, 3.8) is 0 Å². The van der Waals surface area contributed by atoms with Crippen molar-refractivity contribution >= 4 is 40.4 Å². The molecule has 27 heavy (non-hydrogen) atoms. The zero-order valence-electron chi connectivity index (χ0n) is 14.8. The Morgan fingerprint density at radius 1 is 1.04 bits per heavy atom. The number of hydrogen-bond donors (Lipinski definition) is 2. The van der Waals surface area contributed by atoms with E-state index >= 15 is 0 Å². The number of aromatic nitrogens is 1. The molecule has 7 heteroatoms. The first-order chi connectivity index (χ1) is 13.0. The fourth-order valence-electron chi connectivity index (χ4n) is 2.45. The predicted octanol–water partition coefficient (Wildman–Crippen LogP) is 4.85. The molecule has 0 aliphatic heterocycles. The monoisotopic (exact) mass is 399 g/mol. The van der Waals surface area contributed by atoms with E-state index in [9.17, 15) is 9.59 Å². The van der Waals surface area contributed by atoms with Gasteiger partial charge in [-0.2, -0.15) is 0 Å². The van der Waals surface area contributed by atoms with Crippen LogP contribution in [-0.4, -0.2) is 22.8 Å². The lowest BCUT2D eigenvalue weighted by Crippen LogP contribution is -2.31. The van der Waals surface area contributed by atoms with Crippen LogP contribution in [-0.2, 0) is 0 Å². The van der Waals surface area contributed by atoms with Crippen LogP contribution in [0.2, 0.25) is 5.02 Å². The molecular formula is C20H18ClN3O2S. The van der Waals surface area contributed by atoms with Gasteiger partial charge in [-0.25, -0.2) is 4.98 Å². The Labute approximate surface area is 166 Å². The quantitative estimate of drug-likeness (QED) is 0.643. The third-order valence-electron chi connectivity index (χ3n) is 3.67.